The molecule has 1 heterocycles. The van der Waals surface area contributed by atoms with Crippen molar-refractivity contribution in [1.29, 1.82) is 0 Å². The Kier molecular flexibility index (Phi) is 5.54. The molecule has 1 aliphatic heterocycles. The normalized spacial score (nSPS) is 14.6. The van der Waals surface area contributed by atoms with Crippen molar-refractivity contribution in [1.82, 2.24) is 0 Å². The first kappa shape index (κ1) is 19.7. The number of esters is 1. The summed E-state index contributed by atoms with van der Waals surface area (Å²) in [6.45, 7) is 8.31. The topological polar surface area (TPSA) is 61.8 Å². The molecule has 28 heavy (non-hydrogen) atoms. The van der Waals surface area contributed by atoms with Gasteiger partial charge in [-0.1, -0.05) is 45.0 Å². The summed E-state index contributed by atoms with van der Waals surface area (Å²) in [7, 11) is 0. The summed E-state index contributed by atoms with van der Waals surface area (Å²) in [5, 5.41) is 0. The van der Waals surface area contributed by atoms with Crippen LogP contribution in [0.15, 0.2) is 48.2 Å². The number of carbonyl (C=O) groups is 2. The summed E-state index contributed by atoms with van der Waals surface area (Å²) in [6.07, 6.45) is 1.73. The number of hydrogen-bond donors (Lipinski definition) is 0. The van der Waals surface area contributed by atoms with Gasteiger partial charge in [0.1, 0.15) is 11.5 Å². The molecule has 0 saturated carbocycles. The van der Waals surface area contributed by atoms with E-state index in [2.05, 4.69) is 32.9 Å². The lowest BCUT2D eigenvalue weighted by atomic mass is 9.86. The van der Waals surface area contributed by atoms with E-state index in [0.717, 1.165) is 5.56 Å². The predicted octanol–water partition coefficient (Wildman–Crippen LogP) is 4.54. The molecule has 0 aliphatic carbocycles. The Morgan fingerprint density at radius 3 is 2.46 bits per heavy atom. The van der Waals surface area contributed by atoms with Gasteiger partial charge in [-0.25, -0.2) is 4.79 Å². The quantitative estimate of drug-likeness (QED) is 0.563. The van der Waals surface area contributed by atoms with E-state index in [9.17, 15) is 9.59 Å². The van der Waals surface area contributed by atoms with Crippen molar-refractivity contribution >= 4 is 17.8 Å². The van der Waals surface area contributed by atoms with Gasteiger partial charge in [-0.05, 0) is 41.7 Å². The van der Waals surface area contributed by atoms with Crippen LogP contribution in [-0.2, 0) is 14.9 Å². The van der Waals surface area contributed by atoms with Gasteiger partial charge in [0.15, 0.2) is 12.4 Å². The smallest absolute Gasteiger partial charge is 0.344 e. The highest BCUT2D eigenvalue weighted by molar-refractivity contribution is 6.14. The van der Waals surface area contributed by atoms with Crippen molar-refractivity contribution in [3.05, 3.63) is 64.9 Å². The lowest BCUT2D eigenvalue weighted by Gasteiger charge is -2.18. The molecular formula is C23H24O5. The molecule has 0 bridgehead atoms. The Bertz CT molecular complexity index is 917. The number of carbonyl (C=O) groups excluding carboxylic acids is 2. The standard InChI is InChI=1S/C23H24O5/c1-5-26-21(24)14-27-17-10-11-18-19(13-17)28-20(22(18)25)12-15-6-8-16(9-7-15)23(2,3)4/h6-13H,5,14H2,1-4H3/b20-12-. The molecule has 146 valence electrons. The number of allylic oxidation sites excluding steroid dienone is 1. The molecule has 0 amide bonds. The van der Waals surface area contributed by atoms with Gasteiger partial charge in [0.2, 0.25) is 5.78 Å². The molecule has 2 aromatic carbocycles. The van der Waals surface area contributed by atoms with Gasteiger partial charge in [0.25, 0.3) is 0 Å². The second-order valence-corrected chi connectivity index (χ2v) is 7.56. The maximum absolute atomic E-state index is 12.6. The lowest BCUT2D eigenvalue weighted by molar-refractivity contribution is -0.145. The average molecular weight is 380 g/mol. The molecule has 0 aromatic heterocycles. The summed E-state index contributed by atoms with van der Waals surface area (Å²) in [6, 6.07) is 12.9. The number of fused-ring (bicyclic) bond motifs is 1. The monoisotopic (exact) mass is 380 g/mol. The third-order valence-electron chi connectivity index (χ3n) is 4.38. The van der Waals surface area contributed by atoms with Gasteiger partial charge in [0, 0.05) is 6.07 Å². The SMILES string of the molecule is CCOC(=O)COc1ccc2c(c1)O/C(=C\c1ccc(C(C)(C)C)cc1)C2=O. The number of ether oxygens (including phenoxy) is 3. The Morgan fingerprint density at radius 1 is 1.11 bits per heavy atom. The first-order valence-electron chi connectivity index (χ1n) is 9.25. The molecular weight excluding hydrogens is 356 g/mol. The van der Waals surface area contributed by atoms with Crippen LogP contribution in [0, 0.1) is 0 Å². The summed E-state index contributed by atoms with van der Waals surface area (Å²) in [5.74, 6) is 0.506. The van der Waals surface area contributed by atoms with Gasteiger partial charge < -0.3 is 14.2 Å². The molecule has 0 N–H and O–H groups in total. The van der Waals surface area contributed by atoms with Crippen LogP contribution in [0.5, 0.6) is 11.5 Å². The summed E-state index contributed by atoms with van der Waals surface area (Å²) in [5.41, 5.74) is 2.66. The molecule has 5 heteroatoms. The van der Waals surface area contributed by atoms with Gasteiger partial charge in [0.05, 0.1) is 12.2 Å². The number of ketones is 1. The van der Waals surface area contributed by atoms with Gasteiger partial charge in [-0.2, -0.15) is 0 Å². The first-order valence-corrected chi connectivity index (χ1v) is 9.25. The maximum Gasteiger partial charge on any atom is 0.344 e. The number of benzene rings is 2. The summed E-state index contributed by atoms with van der Waals surface area (Å²) in [4.78, 5) is 24.0. The molecule has 0 atom stereocenters. The van der Waals surface area contributed by atoms with Crippen LogP contribution in [0.3, 0.4) is 0 Å². The summed E-state index contributed by atoms with van der Waals surface area (Å²) < 4.78 is 16.0. The Morgan fingerprint density at radius 2 is 1.82 bits per heavy atom. The van der Waals surface area contributed by atoms with Crippen molar-refractivity contribution in [3.8, 4) is 11.5 Å². The Hall–Kier alpha value is -3.08. The van der Waals surface area contributed by atoms with E-state index in [1.165, 1.54) is 5.56 Å². The van der Waals surface area contributed by atoms with Crippen LogP contribution in [0.4, 0.5) is 0 Å². The van der Waals surface area contributed by atoms with E-state index in [-0.39, 0.29) is 23.6 Å². The average Bonchev–Trinajstić information content (AvgIpc) is 2.95. The zero-order chi connectivity index (χ0) is 20.3. The van der Waals surface area contributed by atoms with Crippen molar-refractivity contribution in [3.63, 3.8) is 0 Å². The van der Waals surface area contributed by atoms with Gasteiger partial charge in [-0.15, -0.1) is 0 Å². The minimum atomic E-state index is -0.445. The van der Waals surface area contributed by atoms with E-state index in [0.29, 0.717) is 23.7 Å². The minimum absolute atomic E-state index is 0.0710. The highest BCUT2D eigenvalue weighted by Gasteiger charge is 2.28. The molecule has 5 nitrogen and oxygen atoms in total. The first-order chi connectivity index (χ1) is 13.3. The highest BCUT2D eigenvalue weighted by Crippen LogP contribution is 2.35. The molecule has 2 aromatic rings. The van der Waals surface area contributed by atoms with E-state index in [1.54, 1.807) is 31.2 Å². The van der Waals surface area contributed by atoms with E-state index in [1.807, 2.05) is 12.1 Å². The molecule has 0 fully saturated rings. The summed E-state index contributed by atoms with van der Waals surface area (Å²) >= 11 is 0. The molecule has 0 saturated heterocycles. The van der Waals surface area contributed by atoms with Crippen LogP contribution in [0.1, 0.15) is 49.2 Å². The van der Waals surface area contributed by atoms with E-state index < -0.39 is 5.97 Å². The second-order valence-electron chi connectivity index (χ2n) is 7.56. The number of Topliss-reactive ketones (excluding diaryl/α,β-unsaturated/α-hetero) is 1. The van der Waals surface area contributed by atoms with Crippen molar-refractivity contribution in [2.75, 3.05) is 13.2 Å². The zero-order valence-electron chi connectivity index (χ0n) is 16.6. The number of rotatable bonds is 5. The molecule has 3 rings (SSSR count). The fraction of sp³-hybridized carbons (Fsp3) is 0.304. The molecule has 1 aliphatic rings. The van der Waals surface area contributed by atoms with Crippen LogP contribution < -0.4 is 9.47 Å². The third kappa shape index (κ3) is 4.42. The van der Waals surface area contributed by atoms with Crippen LogP contribution in [-0.4, -0.2) is 25.0 Å². The van der Waals surface area contributed by atoms with Crippen LogP contribution in [0.25, 0.3) is 6.08 Å². The van der Waals surface area contributed by atoms with E-state index in [4.69, 9.17) is 14.2 Å². The van der Waals surface area contributed by atoms with Gasteiger partial charge in [-0.3, -0.25) is 4.79 Å². The lowest BCUT2D eigenvalue weighted by Crippen LogP contribution is -2.14. The largest absolute Gasteiger partial charge is 0.482 e. The molecule has 0 spiro atoms. The van der Waals surface area contributed by atoms with Crippen LogP contribution in [0.2, 0.25) is 0 Å². The highest BCUT2D eigenvalue weighted by atomic mass is 16.6. The molecule has 0 unspecified atom stereocenters. The number of hydrogen-bond acceptors (Lipinski definition) is 5. The van der Waals surface area contributed by atoms with Crippen LogP contribution >= 0.6 is 0 Å². The fourth-order valence-corrected chi connectivity index (χ4v) is 2.83. The minimum Gasteiger partial charge on any atom is -0.482 e. The molecule has 0 radical (unpaired) electrons. The predicted molar refractivity (Wildman–Crippen MR) is 107 cm³/mol. The van der Waals surface area contributed by atoms with Crippen molar-refractivity contribution < 1.29 is 23.8 Å². The Labute approximate surface area is 164 Å². The second kappa shape index (κ2) is 7.89. The van der Waals surface area contributed by atoms with Crippen molar-refractivity contribution in [2.24, 2.45) is 0 Å². The fourth-order valence-electron chi connectivity index (χ4n) is 2.83. The van der Waals surface area contributed by atoms with Crippen molar-refractivity contribution in [2.45, 2.75) is 33.1 Å². The van der Waals surface area contributed by atoms with E-state index >= 15 is 0 Å². The maximum atomic E-state index is 12.6. The third-order valence-corrected chi connectivity index (χ3v) is 4.38. The Balaban J connectivity index is 1.74. The van der Waals surface area contributed by atoms with Gasteiger partial charge >= 0.3 is 5.97 Å². The zero-order valence-corrected chi connectivity index (χ0v) is 16.6.